The van der Waals surface area contributed by atoms with Crippen LogP contribution >= 0.6 is 0 Å². The van der Waals surface area contributed by atoms with Gasteiger partial charge in [0.05, 0.1) is 6.04 Å². The molecule has 0 aromatic heterocycles. The molecule has 0 saturated carbocycles. The molecule has 1 unspecified atom stereocenters. The smallest absolute Gasteiger partial charge is 0.180 e. The summed E-state index contributed by atoms with van der Waals surface area (Å²) in [7, 11) is 1.81. The average Bonchev–Trinajstić information content (AvgIpc) is 2.27. The maximum Gasteiger partial charge on any atom is 0.180 e. The van der Waals surface area contributed by atoms with Gasteiger partial charge in [-0.3, -0.25) is 4.90 Å². The Hall–Kier alpha value is -1.15. The monoisotopic (exact) mass is 206 g/mol. The summed E-state index contributed by atoms with van der Waals surface area (Å²) in [5, 5.41) is 8.82. The van der Waals surface area contributed by atoms with Crippen LogP contribution in [0.2, 0.25) is 0 Å². The van der Waals surface area contributed by atoms with Crippen molar-refractivity contribution in [1.82, 2.24) is 4.90 Å². The van der Waals surface area contributed by atoms with Crippen LogP contribution in [0.3, 0.4) is 0 Å². The molecule has 0 aliphatic carbocycles. The Bertz CT molecular complexity index is 241. The van der Waals surface area contributed by atoms with Crippen molar-refractivity contribution >= 4 is 0 Å². The number of rotatable bonds is 6. The van der Waals surface area contributed by atoms with E-state index in [0.717, 1.165) is 32.1 Å². The Kier molecular flexibility index (Phi) is 8.69. The second-order valence-electron chi connectivity index (χ2n) is 3.79. The van der Waals surface area contributed by atoms with Gasteiger partial charge in [-0.15, -0.1) is 5.92 Å². The molecule has 0 aromatic rings. The highest BCUT2D eigenvalue weighted by atomic mass is 15.1. The predicted molar refractivity (Wildman–Crippen MR) is 64.0 cm³/mol. The molecule has 0 fully saturated rings. The molecule has 0 aliphatic rings. The predicted octanol–water partition coefficient (Wildman–Crippen LogP) is 3.15. The molecular weight excluding hydrogens is 184 g/mol. The second kappa shape index (κ2) is 9.41. The van der Waals surface area contributed by atoms with Gasteiger partial charge >= 0.3 is 0 Å². The summed E-state index contributed by atoms with van der Waals surface area (Å²) in [6.45, 7) is 4.32. The van der Waals surface area contributed by atoms with Gasteiger partial charge in [-0.2, -0.15) is 5.26 Å². The number of hydrogen-bond acceptors (Lipinski definition) is 2. The molecular formula is C13H22N2. The topological polar surface area (TPSA) is 27.0 Å². The molecule has 1 atom stereocenters. The largest absolute Gasteiger partial charge is 0.299 e. The molecule has 0 N–H and O–H groups in total. The van der Waals surface area contributed by atoms with E-state index in [-0.39, 0.29) is 6.04 Å². The molecule has 0 aromatic carbocycles. The van der Waals surface area contributed by atoms with Crippen LogP contribution < -0.4 is 0 Å². The van der Waals surface area contributed by atoms with Crippen LogP contribution in [0, 0.1) is 23.3 Å². The van der Waals surface area contributed by atoms with Gasteiger partial charge in [0.1, 0.15) is 0 Å². The van der Waals surface area contributed by atoms with Crippen LogP contribution in [0.1, 0.15) is 52.4 Å². The lowest BCUT2D eigenvalue weighted by atomic mass is 10.1. The zero-order valence-electron chi connectivity index (χ0n) is 10.2. The first kappa shape index (κ1) is 13.8. The molecule has 0 spiro atoms. The van der Waals surface area contributed by atoms with Gasteiger partial charge in [0, 0.05) is 13.5 Å². The van der Waals surface area contributed by atoms with Crippen molar-refractivity contribution in [3.05, 3.63) is 0 Å². The fourth-order valence-corrected chi connectivity index (χ4v) is 1.28. The molecule has 0 bridgehead atoms. The average molecular weight is 206 g/mol. The lowest BCUT2D eigenvalue weighted by molar-refractivity contribution is 0.382. The zero-order chi connectivity index (χ0) is 11.5. The molecule has 0 heterocycles. The van der Waals surface area contributed by atoms with Crippen LogP contribution in [0.5, 0.6) is 0 Å². The Balaban J connectivity index is 4.10. The maximum absolute atomic E-state index is 8.82. The third-order valence-electron chi connectivity index (χ3n) is 2.38. The summed E-state index contributed by atoms with van der Waals surface area (Å²) in [4.78, 5) is 1.66. The van der Waals surface area contributed by atoms with Crippen LogP contribution in [0.4, 0.5) is 0 Å². The van der Waals surface area contributed by atoms with Gasteiger partial charge in [-0.25, -0.2) is 0 Å². The first-order valence-corrected chi connectivity index (χ1v) is 5.87. The summed E-state index contributed by atoms with van der Waals surface area (Å²) in [5.74, 6) is 6.36. The molecule has 0 radical (unpaired) electrons. The highest BCUT2D eigenvalue weighted by molar-refractivity contribution is 5.09. The minimum atomic E-state index is 0.117. The summed E-state index contributed by atoms with van der Waals surface area (Å²) >= 11 is 0. The minimum Gasteiger partial charge on any atom is -0.299 e. The molecule has 0 rings (SSSR count). The standard InChI is InChI=1S/C13H22N2/c1-4-6-8-9-11-13(10-7-5-2)15(3)12-14/h13H,4-8,10H2,1-3H3. The van der Waals surface area contributed by atoms with Crippen molar-refractivity contribution < 1.29 is 0 Å². The Morgan fingerprint density at radius 3 is 2.40 bits per heavy atom. The Morgan fingerprint density at radius 2 is 1.87 bits per heavy atom. The Labute approximate surface area is 94.3 Å². The van der Waals surface area contributed by atoms with Gasteiger partial charge < -0.3 is 0 Å². The van der Waals surface area contributed by atoms with E-state index in [0.29, 0.717) is 0 Å². The highest BCUT2D eigenvalue weighted by Gasteiger charge is 2.08. The van der Waals surface area contributed by atoms with E-state index >= 15 is 0 Å². The summed E-state index contributed by atoms with van der Waals surface area (Å²) in [6, 6.07) is 0.117. The number of nitriles is 1. The molecule has 0 aliphatic heterocycles. The number of unbranched alkanes of at least 4 members (excludes halogenated alkanes) is 3. The molecule has 2 heteroatoms. The van der Waals surface area contributed by atoms with Crippen molar-refractivity contribution in [1.29, 1.82) is 5.26 Å². The van der Waals surface area contributed by atoms with Crippen LogP contribution in [0.25, 0.3) is 0 Å². The second-order valence-corrected chi connectivity index (χ2v) is 3.79. The van der Waals surface area contributed by atoms with Crippen molar-refractivity contribution in [2.45, 2.75) is 58.4 Å². The van der Waals surface area contributed by atoms with Gasteiger partial charge in [0.2, 0.25) is 0 Å². The van der Waals surface area contributed by atoms with Crippen LogP contribution in [-0.2, 0) is 0 Å². The van der Waals surface area contributed by atoms with E-state index in [2.05, 4.69) is 31.9 Å². The summed E-state index contributed by atoms with van der Waals surface area (Å²) < 4.78 is 0. The van der Waals surface area contributed by atoms with E-state index in [1.54, 1.807) is 4.90 Å². The van der Waals surface area contributed by atoms with Crippen LogP contribution in [-0.4, -0.2) is 18.0 Å². The SMILES string of the molecule is CCCCC#CC(CCCC)N(C)C#N. The third-order valence-corrected chi connectivity index (χ3v) is 2.38. The highest BCUT2D eigenvalue weighted by Crippen LogP contribution is 2.05. The van der Waals surface area contributed by atoms with Crippen LogP contribution in [0.15, 0.2) is 0 Å². The fourth-order valence-electron chi connectivity index (χ4n) is 1.28. The molecule has 84 valence electrons. The normalized spacial score (nSPS) is 11.1. The quantitative estimate of drug-likeness (QED) is 0.289. The molecule has 0 amide bonds. The lowest BCUT2D eigenvalue weighted by Crippen LogP contribution is -2.25. The van der Waals surface area contributed by atoms with Crippen molar-refractivity contribution in [3.63, 3.8) is 0 Å². The van der Waals surface area contributed by atoms with Crippen molar-refractivity contribution in [3.8, 4) is 18.0 Å². The first-order valence-electron chi connectivity index (χ1n) is 5.87. The van der Waals surface area contributed by atoms with Gasteiger partial charge in [-0.1, -0.05) is 39.0 Å². The zero-order valence-corrected chi connectivity index (χ0v) is 10.2. The van der Waals surface area contributed by atoms with E-state index in [4.69, 9.17) is 5.26 Å². The van der Waals surface area contributed by atoms with Gasteiger partial charge in [0.25, 0.3) is 0 Å². The fraction of sp³-hybridized carbons (Fsp3) is 0.769. The van der Waals surface area contributed by atoms with E-state index < -0.39 is 0 Å². The minimum absolute atomic E-state index is 0.117. The molecule has 15 heavy (non-hydrogen) atoms. The van der Waals surface area contributed by atoms with E-state index in [9.17, 15) is 0 Å². The summed E-state index contributed by atoms with van der Waals surface area (Å²) in [6.07, 6.45) is 8.74. The molecule has 2 nitrogen and oxygen atoms in total. The first-order chi connectivity index (χ1) is 7.26. The maximum atomic E-state index is 8.82. The number of nitrogens with zero attached hydrogens (tertiary/aromatic N) is 2. The number of hydrogen-bond donors (Lipinski definition) is 0. The van der Waals surface area contributed by atoms with Crippen molar-refractivity contribution in [2.24, 2.45) is 0 Å². The third kappa shape index (κ3) is 6.86. The van der Waals surface area contributed by atoms with Gasteiger partial charge in [-0.05, 0) is 12.8 Å². The molecule has 0 saturated heterocycles. The van der Waals surface area contributed by atoms with Gasteiger partial charge in [0.15, 0.2) is 6.19 Å². The lowest BCUT2D eigenvalue weighted by Gasteiger charge is -2.17. The van der Waals surface area contributed by atoms with E-state index in [1.807, 2.05) is 7.05 Å². The van der Waals surface area contributed by atoms with E-state index in [1.165, 1.54) is 6.42 Å². The Morgan fingerprint density at radius 1 is 1.20 bits per heavy atom. The summed E-state index contributed by atoms with van der Waals surface area (Å²) in [5.41, 5.74) is 0. The van der Waals surface area contributed by atoms with Crippen molar-refractivity contribution in [2.75, 3.05) is 7.05 Å².